The van der Waals surface area contributed by atoms with Gasteiger partial charge in [-0.05, 0) is 33.8 Å². The molecular weight excluding hydrogens is 367 g/mol. The molecule has 2 rings (SSSR count). The Hall–Kier alpha value is -0.380. The maximum absolute atomic E-state index is 12.5. The zero-order chi connectivity index (χ0) is 14.3. The third-order valence-electron chi connectivity index (χ3n) is 2.69. The van der Waals surface area contributed by atoms with Crippen LogP contribution in [0, 0.1) is 0 Å². The Morgan fingerprint density at radius 1 is 1.37 bits per heavy atom. The van der Waals surface area contributed by atoms with Crippen molar-refractivity contribution in [3.05, 3.63) is 27.6 Å². The monoisotopic (exact) mass is 375 g/mol. The maximum Gasteiger partial charge on any atom is 0.412 e. The van der Waals surface area contributed by atoms with E-state index in [1.165, 1.54) is 0 Å². The van der Waals surface area contributed by atoms with E-state index in [1.54, 1.807) is 11.4 Å². The molecule has 0 amide bonds. The van der Waals surface area contributed by atoms with Crippen LogP contribution in [0.3, 0.4) is 0 Å². The van der Waals surface area contributed by atoms with Gasteiger partial charge in [-0.15, -0.1) is 11.3 Å². The number of sulfonamides is 1. The molecule has 106 valence electrons. The Bertz CT molecular complexity index is 607. The third-order valence-corrected chi connectivity index (χ3v) is 7.21. The Morgan fingerprint density at radius 2 is 2.05 bits per heavy atom. The summed E-state index contributed by atoms with van der Waals surface area (Å²) in [6.45, 7) is -0.403. The predicted octanol–water partition coefficient (Wildman–Crippen LogP) is 3.39. The van der Waals surface area contributed by atoms with Gasteiger partial charge in [-0.2, -0.15) is 17.5 Å². The van der Waals surface area contributed by atoms with Gasteiger partial charge >= 0.3 is 6.18 Å². The SMILES string of the molecule is O=S(=O)(c1sccc1Br)N1CC=C(C(F)(F)F)CC1. The van der Waals surface area contributed by atoms with E-state index in [-0.39, 0.29) is 23.7 Å². The highest BCUT2D eigenvalue weighted by atomic mass is 79.9. The van der Waals surface area contributed by atoms with Crippen LogP contribution in [0.15, 0.2) is 31.8 Å². The first-order chi connectivity index (χ1) is 8.73. The summed E-state index contributed by atoms with van der Waals surface area (Å²) in [4.78, 5) is 0. The molecule has 0 saturated heterocycles. The fourth-order valence-electron chi connectivity index (χ4n) is 1.71. The molecule has 0 radical (unpaired) electrons. The lowest BCUT2D eigenvalue weighted by Gasteiger charge is -2.26. The van der Waals surface area contributed by atoms with Gasteiger partial charge in [0.15, 0.2) is 0 Å². The average molecular weight is 376 g/mol. The first kappa shape index (κ1) is 15.0. The Labute approximate surface area is 120 Å². The number of rotatable bonds is 2. The molecule has 3 nitrogen and oxygen atoms in total. The van der Waals surface area contributed by atoms with Crippen molar-refractivity contribution < 1.29 is 21.6 Å². The van der Waals surface area contributed by atoms with Crippen molar-refractivity contribution in [3.8, 4) is 0 Å². The molecule has 2 heterocycles. The van der Waals surface area contributed by atoms with Crippen LogP contribution < -0.4 is 0 Å². The number of nitrogens with zero attached hydrogens (tertiary/aromatic N) is 1. The molecule has 0 bridgehead atoms. The first-order valence-electron chi connectivity index (χ1n) is 5.22. The Kier molecular flexibility index (Phi) is 4.10. The molecule has 0 aliphatic carbocycles. The van der Waals surface area contributed by atoms with Crippen molar-refractivity contribution >= 4 is 37.3 Å². The minimum absolute atomic E-state index is 0.122. The second kappa shape index (κ2) is 5.19. The predicted molar refractivity (Wildman–Crippen MR) is 69.5 cm³/mol. The molecule has 0 fully saturated rings. The summed E-state index contributed by atoms with van der Waals surface area (Å²) < 4.78 is 63.4. The van der Waals surface area contributed by atoms with Crippen molar-refractivity contribution in [3.63, 3.8) is 0 Å². The fourth-order valence-corrected chi connectivity index (χ4v) is 5.54. The topological polar surface area (TPSA) is 37.4 Å². The summed E-state index contributed by atoms with van der Waals surface area (Å²) in [7, 11) is -3.73. The van der Waals surface area contributed by atoms with Gasteiger partial charge in [-0.25, -0.2) is 8.42 Å². The van der Waals surface area contributed by atoms with E-state index in [0.29, 0.717) is 4.47 Å². The van der Waals surface area contributed by atoms with E-state index in [1.807, 2.05) is 0 Å². The van der Waals surface area contributed by atoms with Gasteiger partial charge in [0.25, 0.3) is 10.0 Å². The normalized spacial score (nSPS) is 18.4. The Morgan fingerprint density at radius 3 is 2.47 bits per heavy atom. The summed E-state index contributed by atoms with van der Waals surface area (Å²) in [5.74, 6) is 0. The minimum Gasteiger partial charge on any atom is -0.206 e. The average Bonchev–Trinajstić information content (AvgIpc) is 2.75. The van der Waals surface area contributed by atoms with Crippen molar-refractivity contribution in [2.75, 3.05) is 13.1 Å². The van der Waals surface area contributed by atoms with Gasteiger partial charge in [0.1, 0.15) is 4.21 Å². The van der Waals surface area contributed by atoms with E-state index in [2.05, 4.69) is 15.9 Å². The van der Waals surface area contributed by atoms with E-state index < -0.39 is 21.8 Å². The summed E-state index contributed by atoms with van der Waals surface area (Å²) in [5, 5.41) is 1.61. The van der Waals surface area contributed by atoms with Crippen LogP contribution in [-0.4, -0.2) is 32.0 Å². The number of hydrogen-bond donors (Lipinski definition) is 0. The lowest BCUT2D eigenvalue weighted by Crippen LogP contribution is -2.36. The number of alkyl halides is 3. The van der Waals surface area contributed by atoms with Crippen LogP contribution in [0.2, 0.25) is 0 Å². The summed E-state index contributed by atoms with van der Waals surface area (Å²) in [6, 6.07) is 1.60. The second-order valence-corrected chi connectivity index (χ2v) is 7.80. The Balaban J connectivity index is 2.23. The molecule has 1 aliphatic heterocycles. The van der Waals surface area contributed by atoms with Gasteiger partial charge in [0, 0.05) is 23.1 Å². The van der Waals surface area contributed by atoms with Gasteiger partial charge in [-0.1, -0.05) is 6.08 Å². The largest absolute Gasteiger partial charge is 0.412 e. The molecular formula is C10H9BrF3NO2S2. The minimum atomic E-state index is -4.38. The summed E-state index contributed by atoms with van der Waals surface area (Å²) in [5.41, 5.74) is -0.663. The molecule has 1 aromatic heterocycles. The summed E-state index contributed by atoms with van der Waals surface area (Å²) >= 11 is 4.16. The van der Waals surface area contributed by atoms with Crippen molar-refractivity contribution in [1.29, 1.82) is 0 Å². The van der Waals surface area contributed by atoms with E-state index in [9.17, 15) is 21.6 Å². The summed E-state index contributed by atoms with van der Waals surface area (Å²) in [6.07, 6.45) is -3.76. The molecule has 1 aromatic rings. The number of halogens is 4. The highest BCUT2D eigenvalue weighted by Gasteiger charge is 2.37. The standard InChI is InChI=1S/C10H9BrF3NO2S2/c11-8-3-6-18-9(8)19(16,17)15-4-1-7(2-5-15)10(12,13)14/h1,3,6H,2,4-5H2. The van der Waals surface area contributed by atoms with Crippen molar-refractivity contribution in [1.82, 2.24) is 4.31 Å². The molecule has 0 aromatic carbocycles. The molecule has 0 saturated carbocycles. The molecule has 0 unspecified atom stereocenters. The second-order valence-electron chi connectivity index (χ2n) is 3.90. The van der Waals surface area contributed by atoms with Gasteiger partial charge in [-0.3, -0.25) is 0 Å². The van der Waals surface area contributed by atoms with E-state index >= 15 is 0 Å². The highest BCUT2D eigenvalue weighted by Crippen LogP contribution is 2.34. The third kappa shape index (κ3) is 3.04. The van der Waals surface area contributed by atoms with Crippen LogP contribution >= 0.6 is 27.3 Å². The molecule has 0 N–H and O–H groups in total. The van der Waals surface area contributed by atoms with Crippen LogP contribution in [0.25, 0.3) is 0 Å². The smallest absolute Gasteiger partial charge is 0.206 e. The molecule has 9 heteroatoms. The van der Waals surface area contributed by atoms with Gasteiger partial charge in [0.05, 0.1) is 0 Å². The van der Waals surface area contributed by atoms with E-state index in [0.717, 1.165) is 21.7 Å². The molecule has 0 spiro atoms. The number of thiophene rings is 1. The van der Waals surface area contributed by atoms with Gasteiger partial charge in [0.2, 0.25) is 0 Å². The quantitative estimate of drug-likeness (QED) is 0.743. The zero-order valence-electron chi connectivity index (χ0n) is 9.45. The molecule has 19 heavy (non-hydrogen) atoms. The highest BCUT2D eigenvalue weighted by molar-refractivity contribution is 9.10. The van der Waals surface area contributed by atoms with E-state index in [4.69, 9.17) is 0 Å². The van der Waals surface area contributed by atoms with Crippen LogP contribution in [0.5, 0.6) is 0 Å². The fraction of sp³-hybridized carbons (Fsp3) is 0.400. The van der Waals surface area contributed by atoms with Crippen molar-refractivity contribution in [2.24, 2.45) is 0 Å². The maximum atomic E-state index is 12.5. The lowest BCUT2D eigenvalue weighted by molar-refractivity contribution is -0.0953. The lowest BCUT2D eigenvalue weighted by atomic mass is 10.1. The molecule has 1 aliphatic rings. The van der Waals surface area contributed by atoms with Crippen LogP contribution in [-0.2, 0) is 10.0 Å². The van der Waals surface area contributed by atoms with Crippen molar-refractivity contribution in [2.45, 2.75) is 16.8 Å². The zero-order valence-corrected chi connectivity index (χ0v) is 12.7. The van der Waals surface area contributed by atoms with Crippen LogP contribution in [0.1, 0.15) is 6.42 Å². The van der Waals surface area contributed by atoms with Crippen LogP contribution in [0.4, 0.5) is 13.2 Å². The van der Waals surface area contributed by atoms with Gasteiger partial charge < -0.3 is 0 Å². The first-order valence-corrected chi connectivity index (χ1v) is 8.33. The number of hydrogen-bond acceptors (Lipinski definition) is 3. The molecule has 0 atom stereocenters.